The van der Waals surface area contributed by atoms with E-state index in [9.17, 15) is 4.79 Å². The van der Waals surface area contributed by atoms with Crippen molar-refractivity contribution in [3.05, 3.63) is 46.3 Å². The highest BCUT2D eigenvalue weighted by Crippen LogP contribution is 2.17. The highest BCUT2D eigenvalue weighted by atomic mass is 16.2. The van der Waals surface area contributed by atoms with Crippen molar-refractivity contribution in [2.75, 3.05) is 11.9 Å². The van der Waals surface area contributed by atoms with Crippen molar-refractivity contribution in [3.63, 3.8) is 0 Å². The summed E-state index contributed by atoms with van der Waals surface area (Å²) in [5.41, 5.74) is 6.49. The summed E-state index contributed by atoms with van der Waals surface area (Å²) in [6, 6.07) is 5.72. The maximum atomic E-state index is 12.0. The van der Waals surface area contributed by atoms with Gasteiger partial charge in [-0.15, -0.1) is 0 Å². The van der Waals surface area contributed by atoms with Gasteiger partial charge in [-0.1, -0.05) is 12.1 Å². The smallest absolute Gasteiger partial charge is 0.319 e. The summed E-state index contributed by atoms with van der Waals surface area (Å²) in [5, 5.41) is 10.2. The maximum absolute atomic E-state index is 12.0. The Balaban J connectivity index is 1.89. The van der Waals surface area contributed by atoms with E-state index in [1.165, 1.54) is 11.1 Å². The Bertz CT molecular complexity index is 688. The van der Waals surface area contributed by atoms with Crippen LogP contribution in [0, 0.1) is 27.7 Å². The lowest BCUT2D eigenvalue weighted by Gasteiger charge is -2.11. The van der Waals surface area contributed by atoms with Gasteiger partial charge in [0.1, 0.15) is 0 Å². The summed E-state index contributed by atoms with van der Waals surface area (Å²) in [6.45, 7) is 8.67. The van der Waals surface area contributed by atoms with E-state index >= 15 is 0 Å². The first-order valence-corrected chi connectivity index (χ1v) is 7.50. The molecule has 118 valence electrons. The lowest BCUT2D eigenvalue weighted by Crippen LogP contribution is -2.30. The Morgan fingerprint density at radius 3 is 2.59 bits per heavy atom. The van der Waals surface area contributed by atoms with Crippen LogP contribution in [0.4, 0.5) is 10.5 Å². The van der Waals surface area contributed by atoms with Crippen molar-refractivity contribution < 1.29 is 4.79 Å². The zero-order valence-corrected chi connectivity index (χ0v) is 13.9. The predicted octanol–water partition coefficient (Wildman–Crippen LogP) is 3.02. The summed E-state index contributed by atoms with van der Waals surface area (Å²) in [6.07, 6.45) is 0.783. The molecule has 0 saturated heterocycles. The first-order valence-electron chi connectivity index (χ1n) is 7.50. The van der Waals surface area contributed by atoms with Gasteiger partial charge < -0.3 is 10.6 Å². The number of carbonyl (C=O) groups excluding carboxylic acids is 1. The first kappa shape index (κ1) is 16.1. The van der Waals surface area contributed by atoms with Crippen molar-refractivity contribution in [1.29, 1.82) is 0 Å². The van der Waals surface area contributed by atoms with Crippen molar-refractivity contribution in [1.82, 2.24) is 15.1 Å². The lowest BCUT2D eigenvalue weighted by molar-refractivity contribution is 0.252. The molecule has 2 aromatic rings. The van der Waals surface area contributed by atoms with Crippen LogP contribution in [0.2, 0.25) is 0 Å². The Hall–Kier alpha value is -2.30. The van der Waals surface area contributed by atoms with E-state index in [0.717, 1.165) is 29.1 Å². The molecule has 0 fully saturated rings. The van der Waals surface area contributed by atoms with Gasteiger partial charge >= 0.3 is 6.03 Å². The van der Waals surface area contributed by atoms with Crippen LogP contribution in [0.25, 0.3) is 0 Å². The first-order chi connectivity index (χ1) is 10.4. The zero-order valence-electron chi connectivity index (χ0n) is 13.9. The van der Waals surface area contributed by atoms with Crippen LogP contribution in [0.1, 0.15) is 28.1 Å². The fraction of sp³-hybridized carbons (Fsp3) is 0.412. The number of nitrogens with one attached hydrogen (secondary N) is 2. The minimum Gasteiger partial charge on any atom is -0.338 e. The highest BCUT2D eigenvalue weighted by Gasteiger charge is 2.10. The minimum absolute atomic E-state index is 0.173. The second-order valence-electron chi connectivity index (χ2n) is 5.65. The summed E-state index contributed by atoms with van der Waals surface area (Å²) < 4.78 is 1.88. The predicted molar refractivity (Wildman–Crippen MR) is 89.3 cm³/mol. The van der Waals surface area contributed by atoms with Gasteiger partial charge in [-0.3, -0.25) is 4.68 Å². The number of amides is 2. The molecule has 0 saturated carbocycles. The number of rotatable bonds is 4. The lowest BCUT2D eigenvalue weighted by atomic mass is 10.1. The van der Waals surface area contributed by atoms with Gasteiger partial charge in [0.25, 0.3) is 0 Å². The van der Waals surface area contributed by atoms with Crippen molar-refractivity contribution >= 4 is 11.7 Å². The number of nitrogens with zero attached hydrogens (tertiary/aromatic N) is 2. The number of hydrogen-bond donors (Lipinski definition) is 2. The third-order valence-electron chi connectivity index (χ3n) is 4.17. The van der Waals surface area contributed by atoms with E-state index in [4.69, 9.17) is 0 Å². The van der Waals surface area contributed by atoms with E-state index in [0.29, 0.717) is 6.54 Å². The summed E-state index contributed by atoms with van der Waals surface area (Å²) in [7, 11) is 1.94. The molecule has 2 amide bonds. The minimum atomic E-state index is -0.173. The van der Waals surface area contributed by atoms with E-state index in [-0.39, 0.29) is 6.03 Å². The van der Waals surface area contributed by atoms with Crippen LogP contribution in [0.5, 0.6) is 0 Å². The standard InChI is InChI=1S/C17H24N4O/c1-11-7-6-8-16(12(11)2)19-17(22)18-10-9-15-13(3)20-21(5)14(15)4/h6-8H,9-10H2,1-5H3,(H2,18,19,22). The van der Waals surface area contributed by atoms with Crippen LogP contribution in [0.3, 0.4) is 0 Å². The molecule has 0 bridgehead atoms. The molecule has 2 rings (SSSR count). The molecule has 0 aliphatic rings. The van der Waals surface area contributed by atoms with Crippen LogP contribution in [-0.2, 0) is 13.5 Å². The topological polar surface area (TPSA) is 59.0 Å². The van der Waals surface area contributed by atoms with Gasteiger partial charge in [-0.25, -0.2) is 4.79 Å². The quantitative estimate of drug-likeness (QED) is 0.912. The zero-order chi connectivity index (χ0) is 16.3. The van der Waals surface area contributed by atoms with Gasteiger partial charge in [0.15, 0.2) is 0 Å². The molecule has 1 aromatic heterocycles. The Morgan fingerprint density at radius 1 is 1.23 bits per heavy atom. The number of aromatic nitrogens is 2. The SMILES string of the molecule is Cc1cccc(NC(=O)NCCc2c(C)nn(C)c2C)c1C. The summed E-state index contributed by atoms with van der Waals surface area (Å²) >= 11 is 0. The molecular weight excluding hydrogens is 276 g/mol. The number of urea groups is 1. The van der Waals surface area contributed by atoms with Gasteiger partial charge in [-0.2, -0.15) is 5.10 Å². The molecule has 0 aliphatic carbocycles. The van der Waals surface area contributed by atoms with Crippen molar-refractivity contribution in [3.8, 4) is 0 Å². The molecule has 1 heterocycles. The Kier molecular flexibility index (Phi) is 4.85. The second kappa shape index (κ2) is 6.64. The van der Waals surface area contributed by atoms with E-state index in [1.807, 2.05) is 57.6 Å². The molecule has 1 aromatic carbocycles. The molecular formula is C17H24N4O. The number of hydrogen-bond acceptors (Lipinski definition) is 2. The number of anilines is 1. The monoisotopic (exact) mass is 300 g/mol. The van der Waals surface area contributed by atoms with E-state index in [2.05, 4.69) is 15.7 Å². The molecule has 0 spiro atoms. The normalized spacial score (nSPS) is 10.6. The van der Waals surface area contributed by atoms with Crippen molar-refractivity contribution in [2.24, 2.45) is 7.05 Å². The van der Waals surface area contributed by atoms with Gasteiger partial charge in [0, 0.05) is 25.0 Å². The van der Waals surface area contributed by atoms with Crippen molar-refractivity contribution in [2.45, 2.75) is 34.1 Å². The molecule has 2 N–H and O–H groups in total. The van der Waals surface area contributed by atoms with Gasteiger partial charge in [0.05, 0.1) is 5.69 Å². The molecule has 0 radical (unpaired) electrons. The van der Waals surface area contributed by atoms with Gasteiger partial charge in [0.2, 0.25) is 0 Å². The van der Waals surface area contributed by atoms with Crippen LogP contribution in [0.15, 0.2) is 18.2 Å². The van der Waals surface area contributed by atoms with E-state index in [1.54, 1.807) is 0 Å². The maximum Gasteiger partial charge on any atom is 0.319 e. The van der Waals surface area contributed by atoms with E-state index < -0.39 is 0 Å². The summed E-state index contributed by atoms with van der Waals surface area (Å²) in [5.74, 6) is 0. The third kappa shape index (κ3) is 3.47. The second-order valence-corrected chi connectivity index (χ2v) is 5.65. The third-order valence-corrected chi connectivity index (χ3v) is 4.17. The highest BCUT2D eigenvalue weighted by molar-refractivity contribution is 5.90. The Labute approximate surface area is 131 Å². The molecule has 5 heteroatoms. The van der Waals surface area contributed by atoms with Crippen LogP contribution < -0.4 is 10.6 Å². The molecule has 5 nitrogen and oxygen atoms in total. The fourth-order valence-electron chi connectivity index (χ4n) is 2.53. The average molecular weight is 300 g/mol. The summed E-state index contributed by atoms with van der Waals surface area (Å²) in [4.78, 5) is 12.0. The fourth-order valence-corrected chi connectivity index (χ4v) is 2.53. The molecule has 0 aliphatic heterocycles. The average Bonchev–Trinajstić information content (AvgIpc) is 2.70. The van der Waals surface area contributed by atoms with Crippen LogP contribution >= 0.6 is 0 Å². The number of carbonyl (C=O) groups is 1. The molecule has 0 atom stereocenters. The Morgan fingerprint density at radius 2 is 1.95 bits per heavy atom. The largest absolute Gasteiger partial charge is 0.338 e. The van der Waals surface area contributed by atoms with Gasteiger partial charge in [-0.05, 0) is 56.9 Å². The molecule has 22 heavy (non-hydrogen) atoms. The number of benzene rings is 1. The number of aryl methyl sites for hydroxylation is 3. The molecule has 0 unspecified atom stereocenters. The van der Waals surface area contributed by atoms with Crippen LogP contribution in [-0.4, -0.2) is 22.4 Å².